The molecule has 84 valence electrons. The Kier molecular flexibility index (Phi) is 3.69. The zero-order valence-electron chi connectivity index (χ0n) is 9.07. The lowest BCUT2D eigenvalue weighted by Gasteiger charge is -2.27. The Labute approximate surface area is 89.6 Å². The van der Waals surface area contributed by atoms with Crippen LogP contribution in [-0.2, 0) is 11.3 Å². The van der Waals surface area contributed by atoms with Crippen LogP contribution in [0.25, 0.3) is 0 Å². The normalized spacial score (nSPS) is 26.7. The fraction of sp³-hybridized carbons (Fsp3) is 0.800. The maximum absolute atomic E-state index is 5.33. The van der Waals surface area contributed by atoms with E-state index in [0.29, 0.717) is 12.1 Å². The molecular weight excluding hydrogens is 192 g/mol. The number of rotatable bonds is 4. The molecule has 1 aromatic heterocycles. The maximum atomic E-state index is 5.33. The van der Waals surface area contributed by atoms with Crippen molar-refractivity contribution in [2.24, 2.45) is 0 Å². The smallest absolute Gasteiger partial charge is 0.138 e. The zero-order valence-corrected chi connectivity index (χ0v) is 9.07. The Morgan fingerprint density at radius 3 is 2.87 bits per heavy atom. The summed E-state index contributed by atoms with van der Waals surface area (Å²) in [5.74, 6) is 0.906. The molecular formula is C10H18N4O. The van der Waals surface area contributed by atoms with E-state index in [1.54, 1.807) is 13.4 Å². The molecule has 2 rings (SSSR count). The molecule has 1 aliphatic rings. The number of nitrogens with zero attached hydrogens (tertiary/aromatic N) is 2. The second-order valence-corrected chi connectivity index (χ2v) is 4.02. The molecule has 0 atom stereocenters. The number of ether oxygens (including phenoxy) is 1. The Bertz CT molecular complexity index is 267. The fourth-order valence-electron chi connectivity index (χ4n) is 2.06. The molecule has 0 spiro atoms. The third kappa shape index (κ3) is 3.00. The van der Waals surface area contributed by atoms with E-state index in [1.165, 1.54) is 12.8 Å². The highest BCUT2D eigenvalue weighted by atomic mass is 16.5. The summed E-state index contributed by atoms with van der Waals surface area (Å²) in [5, 5.41) is 10.1. The average molecular weight is 210 g/mol. The van der Waals surface area contributed by atoms with Crippen LogP contribution in [0, 0.1) is 0 Å². The van der Waals surface area contributed by atoms with E-state index in [1.807, 2.05) is 0 Å². The van der Waals surface area contributed by atoms with Gasteiger partial charge in [-0.2, -0.15) is 5.10 Å². The molecule has 2 N–H and O–H groups in total. The molecule has 15 heavy (non-hydrogen) atoms. The molecule has 0 unspecified atom stereocenters. The van der Waals surface area contributed by atoms with Crippen LogP contribution in [0.1, 0.15) is 31.5 Å². The van der Waals surface area contributed by atoms with E-state index < -0.39 is 0 Å². The van der Waals surface area contributed by atoms with Crippen molar-refractivity contribution in [1.29, 1.82) is 0 Å². The van der Waals surface area contributed by atoms with Crippen LogP contribution in [0.2, 0.25) is 0 Å². The minimum atomic E-state index is 0.466. The van der Waals surface area contributed by atoms with Crippen molar-refractivity contribution in [3.8, 4) is 0 Å². The van der Waals surface area contributed by atoms with Crippen LogP contribution in [0.3, 0.4) is 0 Å². The van der Waals surface area contributed by atoms with Crippen molar-refractivity contribution in [1.82, 2.24) is 20.5 Å². The lowest BCUT2D eigenvalue weighted by Crippen LogP contribution is -2.34. The summed E-state index contributed by atoms with van der Waals surface area (Å²) < 4.78 is 5.33. The summed E-state index contributed by atoms with van der Waals surface area (Å²) in [7, 11) is 1.80. The van der Waals surface area contributed by atoms with Gasteiger partial charge < -0.3 is 10.1 Å². The van der Waals surface area contributed by atoms with E-state index in [-0.39, 0.29) is 0 Å². The fourth-order valence-corrected chi connectivity index (χ4v) is 2.06. The zero-order chi connectivity index (χ0) is 10.5. The van der Waals surface area contributed by atoms with E-state index >= 15 is 0 Å². The highest BCUT2D eigenvalue weighted by Gasteiger charge is 2.20. The molecule has 0 amide bonds. The molecule has 1 heterocycles. The van der Waals surface area contributed by atoms with E-state index in [9.17, 15) is 0 Å². The van der Waals surface area contributed by atoms with Gasteiger partial charge in [0.2, 0.25) is 0 Å². The van der Waals surface area contributed by atoms with Gasteiger partial charge in [0.1, 0.15) is 12.2 Å². The van der Waals surface area contributed by atoms with Crippen LogP contribution in [-0.4, -0.2) is 34.4 Å². The third-order valence-corrected chi connectivity index (χ3v) is 3.03. The molecule has 1 aliphatic carbocycles. The first-order valence-electron chi connectivity index (χ1n) is 5.49. The molecule has 1 fully saturated rings. The maximum Gasteiger partial charge on any atom is 0.138 e. The molecule has 0 aromatic carbocycles. The van der Waals surface area contributed by atoms with Gasteiger partial charge in [-0.25, -0.2) is 4.98 Å². The predicted octanol–water partition coefficient (Wildman–Crippen LogP) is 0.852. The largest absolute Gasteiger partial charge is 0.381 e. The molecule has 0 aliphatic heterocycles. The number of hydrogen-bond acceptors (Lipinski definition) is 4. The van der Waals surface area contributed by atoms with Crippen LogP contribution in [0.15, 0.2) is 6.33 Å². The van der Waals surface area contributed by atoms with Gasteiger partial charge in [-0.05, 0) is 25.7 Å². The molecule has 0 saturated heterocycles. The van der Waals surface area contributed by atoms with E-state index in [4.69, 9.17) is 4.74 Å². The van der Waals surface area contributed by atoms with Crippen molar-refractivity contribution >= 4 is 0 Å². The summed E-state index contributed by atoms with van der Waals surface area (Å²) in [4.78, 5) is 4.08. The van der Waals surface area contributed by atoms with Gasteiger partial charge in [-0.3, -0.25) is 5.10 Å². The van der Waals surface area contributed by atoms with Gasteiger partial charge in [0, 0.05) is 13.2 Å². The molecule has 0 radical (unpaired) electrons. The average Bonchev–Trinajstić information content (AvgIpc) is 2.80. The predicted molar refractivity (Wildman–Crippen MR) is 56.3 cm³/mol. The van der Waals surface area contributed by atoms with Crippen LogP contribution in [0.4, 0.5) is 0 Å². The number of hydrogen-bond donors (Lipinski definition) is 2. The number of aromatic amines is 1. The van der Waals surface area contributed by atoms with Crippen molar-refractivity contribution in [3.05, 3.63) is 12.2 Å². The molecule has 0 bridgehead atoms. The van der Waals surface area contributed by atoms with Gasteiger partial charge >= 0.3 is 0 Å². The molecule has 5 nitrogen and oxygen atoms in total. The Balaban J connectivity index is 1.69. The monoisotopic (exact) mass is 210 g/mol. The van der Waals surface area contributed by atoms with Crippen molar-refractivity contribution < 1.29 is 4.74 Å². The van der Waals surface area contributed by atoms with Crippen LogP contribution < -0.4 is 5.32 Å². The number of methoxy groups -OCH3 is 1. The standard InChI is InChI=1S/C10H18N4O/c1-15-9-4-2-8(3-5-9)11-6-10-12-7-13-14-10/h7-9,11H,2-6H2,1H3,(H,12,13,14). The summed E-state index contributed by atoms with van der Waals surface area (Å²) in [5.41, 5.74) is 0. The highest BCUT2D eigenvalue weighted by molar-refractivity contribution is 4.83. The van der Waals surface area contributed by atoms with Gasteiger partial charge in [-0.1, -0.05) is 0 Å². The second kappa shape index (κ2) is 5.23. The number of H-pyrrole nitrogens is 1. The SMILES string of the molecule is COC1CCC(NCc2ncn[nH]2)CC1. The minimum absolute atomic E-state index is 0.466. The Hall–Kier alpha value is -0.940. The Morgan fingerprint density at radius 2 is 2.27 bits per heavy atom. The lowest BCUT2D eigenvalue weighted by atomic mass is 9.93. The summed E-state index contributed by atoms with van der Waals surface area (Å²) in [6, 6.07) is 0.599. The van der Waals surface area contributed by atoms with E-state index in [0.717, 1.165) is 25.2 Å². The second-order valence-electron chi connectivity index (χ2n) is 4.02. The first-order valence-corrected chi connectivity index (χ1v) is 5.49. The number of nitrogens with one attached hydrogen (secondary N) is 2. The quantitative estimate of drug-likeness (QED) is 0.773. The summed E-state index contributed by atoms with van der Waals surface area (Å²) >= 11 is 0. The topological polar surface area (TPSA) is 62.8 Å². The highest BCUT2D eigenvalue weighted by Crippen LogP contribution is 2.20. The molecule has 1 aromatic rings. The van der Waals surface area contributed by atoms with Crippen molar-refractivity contribution in [3.63, 3.8) is 0 Å². The summed E-state index contributed by atoms with van der Waals surface area (Å²) in [6.45, 7) is 0.780. The molecule has 5 heteroatoms. The van der Waals surface area contributed by atoms with Crippen molar-refractivity contribution in [2.75, 3.05) is 7.11 Å². The van der Waals surface area contributed by atoms with E-state index in [2.05, 4.69) is 20.5 Å². The van der Waals surface area contributed by atoms with Gasteiger partial charge in [0.15, 0.2) is 0 Å². The first kappa shape index (κ1) is 10.6. The van der Waals surface area contributed by atoms with Crippen molar-refractivity contribution in [2.45, 2.75) is 44.4 Å². The Morgan fingerprint density at radius 1 is 1.47 bits per heavy atom. The van der Waals surface area contributed by atoms with Crippen LogP contribution in [0.5, 0.6) is 0 Å². The molecule has 1 saturated carbocycles. The first-order chi connectivity index (χ1) is 7.38. The summed E-state index contributed by atoms with van der Waals surface area (Å²) in [6.07, 6.45) is 6.70. The van der Waals surface area contributed by atoms with Gasteiger partial charge in [-0.15, -0.1) is 0 Å². The lowest BCUT2D eigenvalue weighted by molar-refractivity contribution is 0.0623. The van der Waals surface area contributed by atoms with Crippen LogP contribution >= 0.6 is 0 Å². The van der Waals surface area contributed by atoms with Gasteiger partial charge in [0.25, 0.3) is 0 Å². The van der Waals surface area contributed by atoms with Gasteiger partial charge in [0.05, 0.1) is 12.6 Å². The third-order valence-electron chi connectivity index (χ3n) is 3.03. The number of aromatic nitrogens is 3. The minimum Gasteiger partial charge on any atom is -0.381 e.